The fourth-order valence-corrected chi connectivity index (χ4v) is 5.54. The average molecular weight is 674 g/mol. The Balaban J connectivity index is 0.00000139. The highest BCUT2D eigenvalue weighted by Gasteiger charge is 2.24. The van der Waals surface area contributed by atoms with Gasteiger partial charge in [0.25, 0.3) is 5.56 Å². The predicted octanol–water partition coefficient (Wildman–Crippen LogP) is 7.02. The van der Waals surface area contributed by atoms with Gasteiger partial charge in [-0.25, -0.2) is 4.98 Å². The van der Waals surface area contributed by atoms with Gasteiger partial charge in [-0.1, -0.05) is 50.9 Å². The minimum absolute atomic E-state index is 0.170. The fourth-order valence-electron chi connectivity index (χ4n) is 4.84. The first-order chi connectivity index (χ1) is 22.3. The molecule has 0 unspecified atom stereocenters. The quantitative estimate of drug-likeness (QED) is 0.193. The molecule has 1 aromatic carbocycles. The van der Waals surface area contributed by atoms with Gasteiger partial charge in [0, 0.05) is 68.1 Å². The molecule has 0 atom stereocenters. The van der Waals surface area contributed by atoms with Crippen LogP contribution in [0.3, 0.4) is 0 Å². The summed E-state index contributed by atoms with van der Waals surface area (Å²) in [5, 5.41) is 7.05. The number of methoxy groups -OCH3 is 2. The van der Waals surface area contributed by atoms with E-state index >= 15 is 0 Å². The number of nitrogens with one attached hydrogen (secondary N) is 2. The van der Waals surface area contributed by atoms with E-state index in [2.05, 4.69) is 20.6 Å². The number of carbonyl (C=O) groups excluding carboxylic acids is 1. The molecule has 0 aliphatic carbocycles. The molecule has 1 aliphatic rings. The van der Waals surface area contributed by atoms with Crippen LogP contribution in [0.25, 0.3) is 22.2 Å². The number of fused-ring (bicyclic) bond motifs is 1. The Hall–Kier alpha value is -3.93. The van der Waals surface area contributed by atoms with Crippen molar-refractivity contribution < 1.29 is 19.0 Å². The van der Waals surface area contributed by atoms with Crippen molar-refractivity contribution in [1.29, 1.82) is 0 Å². The van der Waals surface area contributed by atoms with Crippen LogP contribution in [-0.2, 0) is 22.5 Å². The van der Waals surface area contributed by atoms with Crippen LogP contribution < -0.4 is 25.7 Å². The first-order valence-corrected chi connectivity index (χ1v) is 16.1. The van der Waals surface area contributed by atoms with Gasteiger partial charge < -0.3 is 24.8 Å². The summed E-state index contributed by atoms with van der Waals surface area (Å²) >= 11 is 13.4. The number of carbonyl (C=O) groups is 1. The van der Waals surface area contributed by atoms with Gasteiger partial charge in [-0.05, 0) is 31.0 Å². The van der Waals surface area contributed by atoms with Crippen molar-refractivity contribution in [1.82, 2.24) is 19.5 Å². The van der Waals surface area contributed by atoms with Gasteiger partial charge in [-0.3, -0.25) is 19.1 Å². The normalized spacial score (nSPS) is 12.7. The van der Waals surface area contributed by atoms with Crippen LogP contribution in [0.5, 0.6) is 11.5 Å². The van der Waals surface area contributed by atoms with Crippen LogP contribution in [0.2, 0.25) is 10.0 Å². The van der Waals surface area contributed by atoms with Crippen LogP contribution in [0.15, 0.2) is 41.5 Å². The maximum absolute atomic E-state index is 14.2. The van der Waals surface area contributed by atoms with Crippen LogP contribution in [0.4, 0.5) is 11.6 Å². The molecule has 5 rings (SSSR count). The third-order valence-corrected chi connectivity index (χ3v) is 7.71. The van der Waals surface area contributed by atoms with Crippen molar-refractivity contribution >= 4 is 51.8 Å². The third kappa shape index (κ3) is 8.65. The number of amides is 1. The number of ether oxygens (including phenoxy) is 3. The Morgan fingerprint density at radius 3 is 2.22 bits per heavy atom. The molecule has 1 fully saturated rings. The van der Waals surface area contributed by atoms with E-state index in [4.69, 9.17) is 42.4 Å². The lowest BCUT2D eigenvalue weighted by Gasteiger charge is -2.23. The van der Waals surface area contributed by atoms with E-state index < -0.39 is 0 Å². The molecular formula is C33H42Cl2N6O5. The molecule has 4 heterocycles. The highest BCUT2D eigenvalue weighted by atomic mass is 35.5. The lowest BCUT2D eigenvalue weighted by molar-refractivity contribution is -0.114. The van der Waals surface area contributed by atoms with Crippen molar-refractivity contribution in [3.63, 3.8) is 0 Å². The summed E-state index contributed by atoms with van der Waals surface area (Å²) in [6.45, 7) is 11.0. The molecule has 0 bridgehead atoms. The smallest absolute Gasteiger partial charge is 0.260 e. The standard InChI is InChI=1S/C29H30Cl2N6O5.2C2H6/c1-16(38)34-20-5-4-18(32-15-20)6-9-37-27-17(14-33-29(36-27)35-19-7-10-42-11-8-19)12-21(28(37)39)24-25(30)22(40-2)13-23(41-3)26(24)31;2*1-2/h4-5,12-15,19H,6-11H2,1-3H3,(H,34,38)(H,33,35,36);2*1-2H3. The molecule has 11 nitrogen and oxygen atoms in total. The zero-order chi connectivity index (χ0) is 33.8. The Kier molecular flexibility index (Phi) is 14.0. The molecule has 1 saturated heterocycles. The summed E-state index contributed by atoms with van der Waals surface area (Å²) in [5.41, 5.74) is 1.94. The molecular weight excluding hydrogens is 631 g/mol. The zero-order valence-corrected chi connectivity index (χ0v) is 28.9. The van der Waals surface area contributed by atoms with E-state index in [1.54, 1.807) is 41.2 Å². The molecule has 1 aliphatic heterocycles. The third-order valence-electron chi connectivity index (χ3n) is 6.96. The number of aromatic nitrogens is 4. The maximum Gasteiger partial charge on any atom is 0.260 e. The minimum Gasteiger partial charge on any atom is -0.495 e. The number of anilines is 2. The summed E-state index contributed by atoms with van der Waals surface area (Å²) in [6.07, 6.45) is 5.33. The zero-order valence-electron chi connectivity index (χ0n) is 27.4. The highest BCUT2D eigenvalue weighted by molar-refractivity contribution is 6.41. The second-order valence-corrected chi connectivity index (χ2v) is 10.5. The van der Waals surface area contributed by atoms with Gasteiger partial charge in [0.1, 0.15) is 17.1 Å². The van der Waals surface area contributed by atoms with Gasteiger partial charge >= 0.3 is 0 Å². The number of benzene rings is 1. The van der Waals surface area contributed by atoms with E-state index in [0.29, 0.717) is 53.8 Å². The second-order valence-electron chi connectivity index (χ2n) is 9.77. The number of nitrogens with zero attached hydrogens (tertiary/aromatic N) is 4. The molecule has 46 heavy (non-hydrogen) atoms. The first-order valence-electron chi connectivity index (χ1n) is 15.4. The highest BCUT2D eigenvalue weighted by Crippen LogP contribution is 2.45. The number of halogens is 2. The predicted molar refractivity (Wildman–Crippen MR) is 185 cm³/mol. The maximum atomic E-state index is 14.2. The number of rotatable bonds is 9. The van der Waals surface area contributed by atoms with E-state index in [0.717, 1.165) is 18.5 Å². The topological polar surface area (TPSA) is 129 Å². The molecule has 13 heteroatoms. The Bertz CT molecular complexity index is 1650. The fraction of sp³-hybridized carbons (Fsp3) is 0.424. The summed E-state index contributed by atoms with van der Waals surface area (Å²) in [5.74, 6) is 0.868. The van der Waals surface area contributed by atoms with E-state index in [-0.39, 0.29) is 45.2 Å². The molecule has 0 saturated carbocycles. The first kappa shape index (κ1) is 36.5. The number of aryl methyl sites for hydroxylation is 2. The lowest BCUT2D eigenvalue weighted by Crippen LogP contribution is -2.29. The summed E-state index contributed by atoms with van der Waals surface area (Å²) in [4.78, 5) is 39.3. The van der Waals surface area contributed by atoms with E-state index in [1.807, 2.05) is 27.7 Å². The largest absolute Gasteiger partial charge is 0.495 e. The van der Waals surface area contributed by atoms with E-state index in [1.165, 1.54) is 21.1 Å². The molecule has 3 aromatic heterocycles. The number of pyridine rings is 2. The van der Waals surface area contributed by atoms with E-state index in [9.17, 15) is 9.59 Å². The molecule has 1 amide bonds. The summed E-state index contributed by atoms with van der Waals surface area (Å²) in [6, 6.07) is 6.99. The Morgan fingerprint density at radius 2 is 1.65 bits per heavy atom. The average Bonchev–Trinajstić information content (AvgIpc) is 3.08. The van der Waals surface area contributed by atoms with Gasteiger partial charge in [0.15, 0.2) is 0 Å². The van der Waals surface area contributed by atoms with Crippen molar-refractivity contribution in [3.05, 3.63) is 62.8 Å². The Labute approximate surface area is 279 Å². The van der Waals surface area contributed by atoms with Crippen molar-refractivity contribution in [3.8, 4) is 22.6 Å². The molecule has 2 N–H and O–H groups in total. The molecule has 0 spiro atoms. The number of hydrogen-bond donors (Lipinski definition) is 2. The van der Waals surface area contributed by atoms with Gasteiger partial charge in [0.2, 0.25) is 11.9 Å². The molecule has 4 aromatic rings. The van der Waals surface area contributed by atoms with Gasteiger partial charge in [0.05, 0.1) is 41.7 Å². The summed E-state index contributed by atoms with van der Waals surface area (Å²) < 4.78 is 17.9. The van der Waals surface area contributed by atoms with Crippen molar-refractivity contribution in [2.45, 2.75) is 66.5 Å². The lowest BCUT2D eigenvalue weighted by atomic mass is 10.0. The number of hydrogen-bond acceptors (Lipinski definition) is 9. The van der Waals surface area contributed by atoms with Crippen LogP contribution in [0.1, 0.15) is 53.2 Å². The minimum atomic E-state index is -0.354. The summed E-state index contributed by atoms with van der Waals surface area (Å²) in [7, 11) is 2.95. The Morgan fingerprint density at radius 1 is 1.00 bits per heavy atom. The van der Waals surface area contributed by atoms with Gasteiger partial charge in [-0.2, -0.15) is 4.98 Å². The SMILES string of the molecule is CC.CC.COc1cc(OC)c(Cl)c(-c2cc3cnc(NC4CCOCC4)nc3n(CCc3ccc(NC(C)=O)cn3)c2=O)c1Cl. The van der Waals surface area contributed by atoms with Crippen molar-refractivity contribution in [2.24, 2.45) is 0 Å². The monoisotopic (exact) mass is 672 g/mol. The van der Waals surface area contributed by atoms with Crippen LogP contribution >= 0.6 is 23.2 Å². The van der Waals surface area contributed by atoms with Crippen LogP contribution in [-0.4, -0.2) is 58.9 Å². The second kappa shape index (κ2) is 17.7. The molecule has 0 radical (unpaired) electrons. The van der Waals surface area contributed by atoms with Crippen molar-refractivity contribution in [2.75, 3.05) is 38.1 Å². The van der Waals surface area contributed by atoms with Gasteiger partial charge in [-0.15, -0.1) is 0 Å². The molecule has 248 valence electrons. The van der Waals surface area contributed by atoms with Crippen LogP contribution in [0, 0.1) is 0 Å².